The zero-order chi connectivity index (χ0) is 13.9. The third-order valence-corrected chi connectivity index (χ3v) is 2.68. The number of nitrogens with zero attached hydrogens (tertiary/aromatic N) is 1. The van der Waals surface area contributed by atoms with Gasteiger partial charge in [-0.05, 0) is 42.3 Å². The van der Waals surface area contributed by atoms with Crippen LogP contribution in [0.15, 0.2) is 23.3 Å². The number of phenolic OH excluding ortho intramolecular Hbond substituents is 1. The Morgan fingerprint density at radius 2 is 2.00 bits per heavy atom. The monoisotopic (exact) mass is 265 g/mol. The van der Waals surface area contributed by atoms with Crippen molar-refractivity contribution in [2.75, 3.05) is 0 Å². The number of hydrogen-bond acceptors (Lipinski definition) is 3. The lowest BCUT2D eigenvalue weighted by Crippen LogP contribution is -2.25. The van der Waals surface area contributed by atoms with Gasteiger partial charge in [0.05, 0.1) is 5.71 Å². The lowest BCUT2D eigenvalue weighted by atomic mass is 9.85. The van der Waals surface area contributed by atoms with Crippen LogP contribution in [-0.2, 0) is 5.41 Å². The highest BCUT2D eigenvalue weighted by molar-refractivity contribution is 7.80. The quantitative estimate of drug-likeness (QED) is 0.436. The van der Waals surface area contributed by atoms with Crippen molar-refractivity contribution in [2.45, 2.75) is 33.1 Å². The molecule has 0 atom stereocenters. The molecule has 0 saturated carbocycles. The number of phenols is 1. The first kappa shape index (κ1) is 14.4. The van der Waals surface area contributed by atoms with Crippen molar-refractivity contribution in [1.82, 2.24) is 5.43 Å². The molecule has 1 aromatic rings. The highest BCUT2D eigenvalue weighted by atomic mass is 32.1. The van der Waals surface area contributed by atoms with E-state index in [2.05, 4.69) is 43.5 Å². The molecule has 0 spiro atoms. The van der Waals surface area contributed by atoms with Crippen LogP contribution >= 0.6 is 12.2 Å². The van der Waals surface area contributed by atoms with E-state index in [0.717, 1.165) is 5.56 Å². The van der Waals surface area contributed by atoms with Crippen molar-refractivity contribution in [3.05, 3.63) is 29.3 Å². The maximum atomic E-state index is 9.86. The molecule has 1 rings (SSSR count). The Morgan fingerprint density at radius 3 is 2.50 bits per heavy atom. The molecule has 5 heteroatoms. The van der Waals surface area contributed by atoms with Gasteiger partial charge in [0.25, 0.3) is 0 Å². The van der Waals surface area contributed by atoms with E-state index >= 15 is 0 Å². The van der Waals surface area contributed by atoms with Crippen LogP contribution in [0.3, 0.4) is 0 Å². The zero-order valence-electron chi connectivity index (χ0n) is 11.1. The fraction of sp³-hybridized carbons (Fsp3) is 0.385. The van der Waals surface area contributed by atoms with Crippen LogP contribution in [0, 0.1) is 0 Å². The van der Waals surface area contributed by atoms with Gasteiger partial charge >= 0.3 is 0 Å². The number of hydrogen-bond donors (Lipinski definition) is 3. The number of benzene rings is 1. The number of thiocarbonyl (C=S) groups is 1. The van der Waals surface area contributed by atoms with E-state index in [-0.39, 0.29) is 16.3 Å². The summed E-state index contributed by atoms with van der Waals surface area (Å²) in [5.41, 5.74) is 10.3. The Bertz CT molecular complexity index is 489. The van der Waals surface area contributed by atoms with E-state index in [9.17, 15) is 5.11 Å². The van der Waals surface area contributed by atoms with Crippen LogP contribution < -0.4 is 11.2 Å². The van der Waals surface area contributed by atoms with E-state index in [1.165, 1.54) is 0 Å². The summed E-state index contributed by atoms with van der Waals surface area (Å²) in [6.07, 6.45) is 0. The normalized spacial score (nSPS) is 12.3. The Hall–Kier alpha value is -1.62. The summed E-state index contributed by atoms with van der Waals surface area (Å²) in [4.78, 5) is 0. The van der Waals surface area contributed by atoms with Crippen LogP contribution in [0.4, 0.5) is 0 Å². The smallest absolute Gasteiger partial charge is 0.184 e. The minimum absolute atomic E-state index is 0.0132. The van der Waals surface area contributed by atoms with Gasteiger partial charge in [-0.2, -0.15) is 5.10 Å². The SMILES string of the molecule is C/C(=N\NC(N)=S)c1cc(C(C)(C)C)ccc1O. The average Bonchev–Trinajstić information content (AvgIpc) is 2.24. The van der Waals surface area contributed by atoms with Gasteiger partial charge in [0, 0.05) is 5.56 Å². The minimum Gasteiger partial charge on any atom is -0.507 e. The van der Waals surface area contributed by atoms with Crippen molar-refractivity contribution in [3.63, 3.8) is 0 Å². The Balaban J connectivity index is 3.15. The van der Waals surface area contributed by atoms with Gasteiger partial charge in [-0.25, -0.2) is 0 Å². The molecule has 0 radical (unpaired) electrons. The molecular formula is C13H19N3OS. The molecule has 0 aliphatic heterocycles. The van der Waals surface area contributed by atoms with Crippen LogP contribution in [0.1, 0.15) is 38.8 Å². The topological polar surface area (TPSA) is 70.6 Å². The molecule has 0 fully saturated rings. The molecule has 18 heavy (non-hydrogen) atoms. The number of rotatable bonds is 2. The second-order valence-electron chi connectivity index (χ2n) is 5.16. The first-order valence-electron chi connectivity index (χ1n) is 5.65. The molecule has 4 nitrogen and oxygen atoms in total. The molecule has 4 N–H and O–H groups in total. The van der Waals surface area contributed by atoms with Crippen LogP contribution in [0.5, 0.6) is 5.75 Å². The molecule has 0 bridgehead atoms. The highest BCUT2D eigenvalue weighted by Gasteiger charge is 2.16. The van der Waals surface area contributed by atoms with Crippen molar-refractivity contribution in [1.29, 1.82) is 0 Å². The molecule has 0 unspecified atom stereocenters. The first-order chi connectivity index (χ1) is 8.21. The van der Waals surface area contributed by atoms with Gasteiger partial charge in [-0.1, -0.05) is 26.8 Å². The van der Waals surface area contributed by atoms with E-state index in [4.69, 9.17) is 5.73 Å². The number of aromatic hydroxyl groups is 1. The summed E-state index contributed by atoms with van der Waals surface area (Å²) >= 11 is 4.68. The summed E-state index contributed by atoms with van der Waals surface area (Å²) in [7, 11) is 0. The highest BCUT2D eigenvalue weighted by Crippen LogP contribution is 2.27. The number of nitrogens with two attached hydrogens (primary N) is 1. The van der Waals surface area contributed by atoms with Crippen LogP contribution in [-0.4, -0.2) is 15.9 Å². The maximum Gasteiger partial charge on any atom is 0.184 e. The third kappa shape index (κ3) is 3.70. The van der Waals surface area contributed by atoms with E-state index in [1.807, 2.05) is 12.1 Å². The summed E-state index contributed by atoms with van der Waals surface area (Å²) in [5.74, 6) is 0.189. The van der Waals surface area contributed by atoms with Crippen molar-refractivity contribution in [3.8, 4) is 5.75 Å². The molecule has 98 valence electrons. The molecule has 1 aromatic carbocycles. The molecular weight excluding hydrogens is 246 g/mol. The summed E-state index contributed by atoms with van der Waals surface area (Å²) in [5, 5.41) is 14.0. The maximum absolute atomic E-state index is 9.86. The van der Waals surface area contributed by atoms with Gasteiger partial charge < -0.3 is 10.8 Å². The second kappa shape index (κ2) is 5.35. The van der Waals surface area contributed by atoms with Gasteiger partial charge in [0.1, 0.15) is 5.75 Å². The lowest BCUT2D eigenvalue weighted by Gasteiger charge is -2.20. The Kier molecular flexibility index (Phi) is 4.29. The van der Waals surface area contributed by atoms with Gasteiger partial charge in [0.15, 0.2) is 5.11 Å². The summed E-state index contributed by atoms with van der Waals surface area (Å²) in [6, 6.07) is 5.51. The van der Waals surface area contributed by atoms with Crippen LogP contribution in [0.25, 0.3) is 0 Å². The largest absolute Gasteiger partial charge is 0.507 e. The Labute approximate surface area is 113 Å². The Morgan fingerprint density at radius 1 is 1.39 bits per heavy atom. The average molecular weight is 265 g/mol. The number of hydrazone groups is 1. The molecule has 0 amide bonds. The second-order valence-corrected chi connectivity index (χ2v) is 5.60. The molecule has 0 aromatic heterocycles. The molecule has 0 aliphatic rings. The standard InChI is InChI=1S/C13H19N3OS/c1-8(15-16-12(14)18)10-7-9(13(2,3)4)5-6-11(10)17/h5-7,17H,1-4H3,(H3,14,16,18)/b15-8+. The zero-order valence-corrected chi connectivity index (χ0v) is 11.9. The van der Waals surface area contributed by atoms with Gasteiger partial charge in [-0.15, -0.1) is 0 Å². The van der Waals surface area contributed by atoms with Crippen LogP contribution in [0.2, 0.25) is 0 Å². The predicted molar refractivity (Wildman–Crippen MR) is 78.9 cm³/mol. The fourth-order valence-electron chi connectivity index (χ4n) is 1.49. The molecule has 0 aliphatic carbocycles. The predicted octanol–water partition coefficient (Wildman–Crippen LogP) is 2.25. The number of nitrogens with one attached hydrogen (secondary N) is 1. The van der Waals surface area contributed by atoms with E-state index < -0.39 is 0 Å². The first-order valence-corrected chi connectivity index (χ1v) is 6.06. The summed E-state index contributed by atoms with van der Waals surface area (Å²) < 4.78 is 0. The van der Waals surface area contributed by atoms with Crippen molar-refractivity contribution >= 4 is 23.0 Å². The fourth-order valence-corrected chi connectivity index (χ4v) is 1.54. The van der Waals surface area contributed by atoms with E-state index in [1.54, 1.807) is 13.0 Å². The molecule has 0 heterocycles. The van der Waals surface area contributed by atoms with E-state index in [0.29, 0.717) is 11.3 Å². The molecule has 0 saturated heterocycles. The lowest BCUT2D eigenvalue weighted by molar-refractivity contribution is 0.472. The summed E-state index contributed by atoms with van der Waals surface area (Å²) in [6.45, 7) is 8.13. The van der Waals surface area contributed by atoms with Crippen molar-refractivity contribution in [2.24, 2.45) is 10.8 Å². The van der Waals surface area contributed by atoms with Gasteiger partial charge in [-0.3, -0.25) is 5.43 Å². The minimum atomic E-state index is 0.0132. The van der Waals surface area contributed by atoms with Crippen molar-refractivity contribution < 1.29 is 5.11 Å². The third-order valence-electron chi connectivity index (χ3n) is 2.59. The van der Waals surface area contributed by atoms with Gasteiger partial charge in [0.2, 0.25) is 0 Å².